The third kappa shape index (κ3) is 2.92. The minimum atomic E-state index is -0.354. The highest BCUT2D eigenvalue weighted by Gasteiger charge is 2.25. The van der Waals surface area contributed by atoms with Crippen LogP contribution in [0.1, 0.15) is 24.0 Å². The summed E-state index contributed by atoms with van der Waals surface area (Å²) in [6, 6.07) is 4.49. The number of amides is 2. The molecule has 5 heteroatoms. The number of imide groups is 1. The molecular weight excluding hydrogens is 235 g/mol. The number of hydrogen-bond acceptors (Lipinski definition) is 3. The Morgan fingerprint density at radius 2 is 2.22 bits per heavy atom. The summed E-state index contributed by atoms with van der Waals surface area (Å²) >= 11 is 0. The van der Waals surface area contributed by atoms with E-state index in [2.05, 4.69) is 10.6 Å². The zero-order valence-corrected chi connectivity index (χ0v) is 10.1. The van der Waals surface area contributed by atoms with E-state index in [1.165, 1.54) is 6.07 Å². The molecule has 2 amide bonds. The van der Waals surface area contributed by atoms with Crippen molar-refractivity contribution in [3.8, 4) is 0 Å². The Hall–Kier alpha value is -1.75. The smallest absolute Gasteiger partial charge is 0.243 e. The highest BCUT2D eigenvalue weighted by molar-refractivity contribution is 6.00. The first-order valence-corrected chi connectivity index (χ1v) is 5.88. The van der Waals surface area contributed by atoms with Crippen molar-refractivity contribution in [2.75, 3.05) is 0 Å². The quantitative estimate of drug-likeness (QED) is 0.788. The van der Waals surface area contributed by atoms with Gasteiger partial charge in [0.25, 0.3) is 0 Å². The van der Waals surface area contributed by atoms with Gasteiger partial charge in [-0.15, -0.1) is 0 Å². The summed E-state index contributed by atoms with van der Waals surface area (Å²) in [5.41, 5.74) is 1.50. The number of benzene rings is 1. The van der Waals surface area contributed by atoms with E-state index in [1.807, 2.05) is 0 Å². The van der Waals surface area contributed by atoms with Gasteiger partial charge in [0.05, 0.1) is 6.04 Å². The van der Waals surface area contributed by atoms with Crippen molar-refractivity contribution in [2.24, 2.45) is 0 Å². The summed E-state index contributed by atoms with van der Waals surface area (Å²) < 4.78 is 13.1. The van der Waals surface area contributed by atoms with Gasteiger partial charge in [-0.2, -0.15) is 0 Å². The molecule has 4 nitrogen and oxygen atoms in total. The molecule has 0 radical (unpaired) electrons. The van der Waals surface area contributed by atoms with Crippen LogP contribution in [-0.2, 0) is 16.1 Å². The number of halogens is 1. The zero-order chi connectivity index (χ0) is 13.1. The normalized spacial score (nSPS) is 19.8. The SMILES string of the molecule is Cc1cc(CNC2CCC(=O)NC2=O)ccc1F. The molecule has 1 fully saturated rings. The van der Waals surface area contributed by atoms with Crippen LogP contribution >= 0.6 is 0 Å². The number of rotatable bonds is 3. The number of aryl methyl sites for hydroxylation is 1. The Balaban J connectivity index is 1.93. The molecule has 1 heterocycles. The summed E-state index contributed by atoms with van der Waals surface area (Å²) in [6.07, 6.45) is 0.858. The molecular formula is C13H15FN2O2. The van der Waals surface area contributed by atoms with E-state index in [0.29, 0.717) is 24.9 Å². The van der Waals surface area contributed by atoms with Gasteiger partial charge in [-0.3, -0.25) is 14.9 Å². The molecule has 0 spiro atoms. The summed E-state index contributed by atoms with van der Waals surface area (Å²) in [5, 5.41) is 5.35. The molecule has 0 aliphatic carbocycles. The van der Waals surface area contributed by atoms with Crippen molar-refractivity contribution in [2.45, 2.75) is 32.4 Å². The summed E-state index contributed by atoms with van der Waals surface area (Å²) in [6.45, 7) is 2.18. The van der Waals surface area contributed by atoms with Crippen molar-refractivity contribution >= 4 is 11.8 Å². The standard InChI is InChI=1S/C13H15FN2O2/c1-8-6-9(2-3-10(8)14)7-15-11-4-5-12(17)16-13(11)18/h2-3,6,11,15H,4-5,7H2,1H3,(H,16,17,18). The lowest BCUT2D eigenvalue weighted by atomic mass is 10.1. The zero-order valence-electron chi connectivity index (χ0n) is 10.1. The summed E-state index contributed by atoms with van der Waals surface area (Å²) in [7, 11) is 0. The average molecular weight is 250 g/mol. The fourth-order valence-electron chi connectivity index (χ4n) is 1.95. The van der Waals surface area contributed by atoms with Crippen molar-refractivity contribution in [3.05, 3.63) is 35.1 Å². The predicted molar refractivity (Wildman–Crippen MR) is 64.1 cm³/mol. The van der Waals surface area contributed by atoms with E-state index in [0.717, 1.165) is 5.56 Å². The van der Waals surface area contributed by atoms with Gasteiger partial charge < -0.3 is 5.32 Å². The number of nitrogens with one attached hydrogen (secondary N) is 2. The van der Waals surface area contributed by atoms with Crippen molar-refractivity contribution in [1.82, 2.24) is 10.6 Å². The molecule has 1 atom stereocenters. The van der Waals surface area contributed by atoms with Crippen molar-refractivity contribution < 1.29 is 14.0 Å². The highest BCUT2D eigenvalue weighted by Crippen LogP contribution is 2.10. The molecule has 1 aromatic carbocycles. The van der Waals surface area contributed by atoms with Gasteiger partial charge in [-0.1, -0.05) is 12.1 Å². The maximum atomic E-state index is 13.1. The molecule has 0 saturated carbocycles. The first-order valence-electron chi connectivity index (χ1n) is 5.88. The third-order valence-corrected chi connectivity index (χ3v) is 3.01. The summed E-state index contributed by atoms with van der Waals surface area (Å²) in [5.74, 6) is -0.750. The Bertz CT molecular complexity index is 488. The maximum Gasteiger partial charge on any atom is 0.243 e. The Morgan fingerprint density at radius 3 is 2.89 bits per heavy atom. The molecule has 1 aromatic rings. The van der Waals surface area contributed by atoms with Crippen LogP contribution in [0, 0.1) is 12.7 Å². The van der Waals surface area contributed by atoms with Gasteiger partial charge in [-0.05, 0) is 30.5 Å². The first kappa shape index (κ1) is 12.7. The van der Waals surface area contributed by atoms with E-state index in [9.17, 15) is 14.0 Å². The molecule has 2 rings (SSSR count). The largest absolute Gasteiger partial charge is 0.302 e. The Labute approximate surface area is 105 Å². The third-order valence-electron chi connectivity index (χ3n) is 3.01. The van der Waals surface area contributed by atoms with Gasteiger partial charge in [0, 0.05) is 13.0 Å². The lowest BCUT2D eigenvalue weighted by Gasteiger charge is -2.21. The molecule has 1 unspecified atom stereocenters. The molecule has 1 saturated heterocycles. The monoisotopic (exact) mass is 250 g/mol. The second-order valence-electron chi connectivity index (χ2n) is 4.47. The first-order chi connectivity index (χ1) is 8.56. The Kier molecular flexibility index (Phi) is 3.72. The van der Waals surface area contributed by atoms with Gasteiger partial charge >= 0.3 is 0 Å². The van der Waals surface area contributed by atoms with E-state index in [4.69, 9.17) is 0 Å². The van der Waals surface area contributed by atoms with E-state index in [1.54, 1.807) is 19.1 Å². The molecule has 2 N–H and O–H groups in total. The van der Waals surface area contributed by atoms with Crippen LogP contribution in [0.3, 0.4) is 0 Å². The molecule has 0 bridgehead atoms. The molecule has 96 valence electrons. The van der Waals surface area contributed by atoms with Crippen molar-refractivity contribution in [3.63, 3.8) is 0 Å². The molecule has 0 aromatic heterocycles. The van der Waals surface area contributed by atoms with Crippen molar-refractivity contribution in [1.29, 1.82) is 0 Å². The number of carbonyl (C=O) groups is 2. The van der Waals surface area contributed by atoms with Gasteiger partial charge in [0.2, 0.25) is 11.8 Å². The minimum Gasteiger partial charge on any atom is -0.302 e. The van der Waals surface area contributed by atoms with Gasteiger partial charge in [0.1, 0.15) is 5.82 Å². The Morgan fingerprint density at radius 1 is 1.44 bits per heavy atom. The maximum absolute atomic E-state index is 13.1. The number of carbonyl (C=O) groups excluding carboxylic acids is 2. The van der Waals surface area contributed by atoms with Crippen LogP contribution in [0.15, 0.2) is 18.2 Å². The summed E-state index contributed by atoms with van der Waals surface area (Å²) in [4.78, 5) is 22.5. The predicted octanol–water partition coefficient (Wildman–Crippen LogP) is 1.03. The van der Waals surface area contributed by atoms with E-state index in [-0.39, 0.29) is 23.7 Å². The van der Waals surface area contributed by atoms with Crippen LogP contribution in [0.2, 0.25) is 0 Å². The van der Waals surface area contributed by atoms with Crippen LogP contribution in [0.5, 0.6) is 0 Å². The molecule has 1 aliphatic rings. The lowest BCUT2D eigenvalue weighted by Crippen LogP contribution is -2.50. The van der Waals surface area contributed by atoms with Crippen LogP contribution in [0.25, 0.3) is 0 Å². The van der Waals surface area contributed by atoms with Gasteiger partial charge in [-0.25, -0.2) is 4.39 Å². The lowest BCUT2D eigenvalue weighted by molar-refractivity contribution is -0.134. The van der Waals surface area contributed by atoms with Crippen LogP contribution < -0.4 is 10.6 Å². The van der Waals surface area contributed by atoms with Crippen LogP contribution in [0.4, 0.5) is 4.39 Å². The highest BCUT2D eigenvalue weighted by atomic mass is 19.1. The minimum absolute atomic E-state index is 0.226. The number of piperidine rings is 1. The van der Waals surface area contributed by atoms with Gasteiger partial charge in [0.15, 0.2) is 0 Å². The van der Waals surface area contributed by atoms with E-state index < -0.39 is 0 Å². The number of hydrogen-bond donors (Lipinski definition) is 2. The van der Waals surface area contributed by atoms with E-state index >= 15 is 0 Å². The second-order valence-corrected chi connectivity index (χ2v) is 4.47. The van der Waals surface area contributed by atoms with Crippen LogP contribution in [-0.4, -0.2) is 17.9 Å². The second kappa shape index (κ2) is 5.27. The fraction of sp³-hybridized carbons (Fsp3) is 0.385. The average Bonchev–Trinajstić information content (AvgIpc) is 2.32. The fourth-order valence-corrected chi connectivity index (χ4v) is 1.95. The molecule has 1 aliphatic heterocycles. The topological polar surface area (TPSA) is 58.2 Å². The molecule has 18 heavy (non-hydrogen) atoms.